The Morgan fingerprint density at radius 1 is 1.28 bits per heavy atom. The molecule has 1 aliphatic heterocycles. The minimum absolute atomic E-state index is 0.835. The van der Waals surface area contributed by atoms with Crippen molar-refractivity contribution in [3.63, 3.8) is 0 Å². The van der Waals surface area contributed by atoms with Crippen LogP contribution in [-0.4, -0.2) is 27.7 Å². The Hall–Kier alpha value is -1.58. The summed E-state index contributed by atoms with van der Waals surface area (Å²) >= 11 is 0. The molecule has 0 N–H and O–H groups in total. The molecular weight excluding hydrogens is 224 g/mol. The maximum Gasteiger partial charge on any atom is 0.154 e. The van der Waals surface area contributed by atoms with Gasteiger partial charge in [-0.3, -0.25) is 0 Å². The topological polar surface area (TPSA) is 33.4 Å². The minimum atomic E-state index is 0.835. The van der Waals surface area contributed by atoms with Gasteiger partial charge in [0.2, 0.25) is 0 Å². The van der Waals surface area contributed by atoms with Crippen molar-refractivity contribution in [2.24, 2.45) is 5.92 Å². The van der Waals surface area contributed by atoms with Gasteiger partial charge in [0.05, 0.1) is 5.69 Å². The number of anilines is 1. The molecule has 1 unspecified atom stereocenters. The molecule has 0 bridgehead atoms. The van der Waals surface area contributed by atoms with Crippen molar-refractivity contribution in [3.8, 4) is 0 Å². The van der Waals surface area contributed by atoms with Crippen LogP contribution in [0.1, 0.15) is 31.9 Å². The highest BCUT2D eigenvalue weighted by molar-refractivity contribution is 5.69. The van der Waals surface area contributed by atoms with Crippen molar-refractivity contribution in [3.05, 3.63) is 24.2 Å². The molecule has 0 aliphatic carbocycles. The van der Waals surface area contributed by atoms with Gasteiger partial charge in [-0.2, -0.15) is 5.10 Å². The van der Waals surface area contributed by atoms with Gasteiger partial charge in [0.25, 0.3) is 0 Å². The van der Waals surface area contributed by atoms with Crippen molar-refractivity contribution in [2.45, 2.75) is 33.1 Å². The molecule has 4 heteroatoms. The lowest BCUT2D eigenvalue weighted by atomic mass is 10.0. The predicted molar refractivity (Wildman–Crippen MR) is 73.0 cm³/mol. The molecule has 1 aliphatic rings. The Balaban J connectivity index is 1.97. The van der Waals surface area contributed by atoms with Gasteiger partial charge in [-0.25, -0.2) is 9.50 Å². The highest BCUT2D eigenvalue weighted by Gasteiger charge is 2.17. The third kappa shape index (κ3) is 2.07. The van der Waals surface area contributed by atoms with Crippen LogP contribution in [0.5, 0.6) is 0 Å². The van der Waals surface area contributed by atoms with E-state index < -0.39 is 0 Å². The lowest BCUT2D eigenvalue weighted by Gasteiger charge is -2.22. The van der Waals surface area contributed by atoms with E-state index >= 15 is 0 Å². The SMILES string of the molecule is Cc1cc2c(N3CCCC(C)CC3)nccn2n1. The number of aryl methyl sites for hydroxylation is 1. The first-order valence-electron chi connectivity index (χ1n) is 6.80. The van der Waals surface area contributed by atoms with Crippen LogP contribution in [-0.2, 0) is 0 Å². The van der Waals surface area contributed by atoms with Crippen LogP contribution >= 0.6 is 0 Å². The Morgan fingerprint density at radius 3 is 3.06 bits per heavy atom. The number of aromatic nitrogens is 3. The average molecular weight is 244 g/mol. The summed E-state index contributed by atoms with van der Waals surface area (Å²) in [7, 11) is 0. The molecule has 1 fully saturated rings. The highest BCUT2D eigenvalue weighted by atomic mass is 15.3. The van der Waals surface area contributed by atoms with E-state index in [-0.39, 0.29) is 0 Å². The van der Waals surface area contributed by atoms with E-state index in [2.05, 4.69) is 28.0 Å². The van der Waals surface area contributed by atoms with Crippen molar-refractivity contribution >= 4 is 11.3 Å². The van der Waals surface area contributed by atoms with Crippen LogP contribution in [0.25, 0.3) is 5.52 Å². The second kappa shape index (κ2) is 4.59. The van der Waals surface area contributed by atoms with Gasteiger partial charge in [0.15, 0.2) is 5.82 Å². The molecule has 0 amide bonds. The molecule has 0 aromatic carbocycles. The van der Waals surface area contributed by atoms with Gasteiger partial charge in [0.1, 0.15) is 5.52 Å². The number of hydrogen-bond acceptors (Lipinski definition) is 3. The molecule has 4 nitrogen and oxygen atoms in total. The quantitative estimate of drug-likeness (QED) is 0.773. The van der Waals surface area contributed by atoms with Gasteiger partial charge in [-0.05, 0) is 38.2 Å². The van der Waals surface area contributed by atoms with Gasteiger partial charge in [0, 0.05) is 25.5 Å². The maximum absolute atomic E-state index is 4.58. The zero-order valence-corrected chi connectivity index (χ0v) is 11.1. The second-order valence-electron chi connectivity index (χ2n) is 5.39. The summed E-state index contributed by atoms with van der Waals surface area (Å²) in [5.41, 5.74) is 2.18. The summed E-state index contributed by atoms with van der Waals surface area (Å²) in [6.07, 6.45) is 7.63. The molecule has 0 saturated carbocycles. The molecule has 96 valence electrons. The zero-order chi connectivity index (χ0) is 12.5. The van der Waals surface area contributed by atoms with Crippen LogP contribution in [0.4, 0.5) is 5.82 Å². The van der Waals surface area contributed by atoms with Crippen molar-refractivity contribution in [1.82, 2.24) is 14.6 Å². The highest BCUT2D eigenvalue weighted by Crippen LogP contribution is 2.24. The molecule has 18 heavy (non-hydrogen) atoms. The Morgan fingerprint density at radius 2 is 2.17 bits per heavy atom. The van der Waals surface area contributed by atoms with E-state index in [9.17, 15) is 0 Å². The fraction of sp³-hybridized carbons (Fsp3) is 0.571. The van der Waals surface area contributed by atoms with E-state index in [0.29, 0.717) is 0 Å². The van der Waals surface area contributed by atoms with Crippen LogP contribution in [0.3, 0.4) is 0 Å². The fourth-order valence-corrected chi connectivity index (χ4v) is 2.75. The molecular formula is C14H20N4. The smallest absolute Gasteiger partial charge is 0.154 e. The fourth-order valence-electron chi connectivity index (χ4n) is 2.75. The molecule has 0 radical (unpaired) electrons. The first-order chi connectivity index (χ1) is 8.74. The molecule has 1 saturated heterocycles. The Kier molecular flexibility index (Phi) is 2.94. The Bertz CT molecular complexity index is 546. The maximum atomic E-state index is 4.58. The summed E-state index contributed by atoms with van der Waals surface area (Å²) in [5, 5.41) is 4.46. The minimum Gasteiger partial charge on any atom is -0.355 e. The van der Waals surface area contributed by atoms with Gasteiger partial charge in [-0.15, -0.1) is 0 Å². The number of nitrogens with zero attached hydrogens (tertiary/aromatic N) is 4. The normalized spacial score (nSPS) is 21.2. The Labute approximate surface area is 108 Å². The first kappa shape index (κ1) is 11.5. The van der Waals surface area contributed by atoms with Crippen LogP contribution < -0.4 is 4.90 Å². The predicted octanol–water partition coefficient (Wildman–Crippen LogP) is 2.66. The van der Waals surface area contributed by atoms with Crippen LogP contribution in [0.15, 0.2) is 18.5 Å². The van der Waals surface area contributed by atoms with Gasteiger partial charge < -0.3 is 4.90 Å². The average Bonchev–Trinajstić information content (AvgIpc) is 2.60. The molecule has 1 atom stereocenters. The first-order valence-corrected chi connectivity index (χ1v) is 6.80. The monoisotopic (exact) mass is 244 g/mol. The summed E-state index contributed by atoms with van der Waals surface area (Å²) < 4.78 is 1.94. The second-order valence-corrected chi connectivity index (χ2v) is 5.39. The molecule has 3 heterocycles. The van der Waals surface area contributed by atoms with E-state index in [1.807, 2.05) is 23.8 Å². The van der Waals surface area contributed by atoms with Crippen molar-refractivity contribution < 1.29 is 0 Å². The number of fused-ring (bicyclic) bond motifs is 1. The molecule has 0 spiro atoms. The zero-order valence-electron chi connectivity index (χ0n) is 11.1. The van der Waals surface area contributed by atoms with Gasteiger partial charge in [-0.1, -0.05) is 6.92 Å². The number of hydrogen-bond donors (Lipinski definition) is 0. The van der Waals surface area contributed by atoms with Crippen LogP contribution in [0, 0.1) is 12.8 Å². The summed E-state index contributed by atoms with van der Waals surface area (Å²) in [5.74, 6) is 1.92. The summed E-state index contributed by atoms with van der Waals surface area (Å²) in [6, 6.07) is 2.12. The van der Waals surface area contributed by atoms with E-state index in [1.165, 1.54) is 19.3 Å². The molecule has 3 rings (SSSR count). The molecule has 2 aromatic rings. The van der Waals surface area contributed by atoms with Crippen molar-refractivity contribution in [2.75, 3.05) is 18.0 Å². The standard InChI is InChI=1S/C14H20N4/c1-11-4-3-7-17(8-5-11)14-13-10-12(2)16-18(13)9-6-15-14/h6,9-11H,3-5,7-8H2,1-2H3. The lowest BCUT2D eigenvalue weighted by molar-refractivity contribution is 0.521. The number of rotatable bonds is 1. The van der Waals surface area contributed by atoms with E-state index in [4.69, 9.17) is 0 Å². The van der Waals surface area contributed by atoms with E-state index in [1.54, 1.807) is 0 Å². The van der Waals surface area contributed by atoms with Crippen molar-refractivity contribution in [1.29, 1.82) is 0 Å². The van der Waals surface area contributed by atoms with E-state index in [0.717, 1.165) is 36.0 Å². The summed E-state index contributed by atoms with van der Waals surface area (Å²) in [6.45, 7) is 6.60. The third-order valence-electron chi connectivity index (χ3n) is 3.81. The largest absolute Gasteiger partial charge is 0.355 e. The van der Waals surface area contributed by atoms with Gasteiger partial charge >= 0.3 is 0 Å². The lowest BCUT2D eigenvalue weighted by Crippen LogP contribution is -2.25. The summed E-state index contributed by atoms with van der Waals surface area (Å²) in [4.78, 5) is 6.99. The third-order valence-corrected chi connectivity index (χ3v) is 3.81. The van der Waals surface area contributed by atoms with Crippen LogP contribution in [0.2, 0.25) is 0 Å². The molecule has 2 aromatic heterocycles.